The molecule has 0 bridgehead atoms. The molecule has 2 atom stereocenters. The highest BCUT2D eigenvalue weighted by Crippen LogP contribution is 2.52. The predicted molar refractivity (Wildman–Crippen MR) is 101 cm³/mol. The highest BCUT2D eigenvalue weighted by molar-refractivity contribution is 7.99. The second-order valence-electron chi connectivity index (χ2n) is 6.98. The van der Waals surface area contributed by atoms with E-state index in [2.05, 4.69) is 5.32 Å². The van der Waals surface area contributed by atoms with E-state index >= 15 is 0 Å². The number of amides is 2. The Hall–Kier alpha value is -1.93. The summed E-state index contributed by atoms with van der Waals surface area (Å²) in [5, 5.41) is 2.90. The number of hydrogen-bond acceptors (Lipinski definition) is 6. The van der Waals surface area contributed by atoms with Crippen molar-refractivity contribution in [2.45, 2.75) is 24.3 Å². The zero-order valence-corrected chi connectivity index (χ0v) is 16.3. The van der Waals surface area contributed by atoms with Gasteiger partial charge in [-0.25, -0.2) is 0 Å². The van der Waals surface area contributed by atoms with Gasteiger partial charge in [0.25, 0.3) is 5.91 Å². The largest absolute Gasteiger partial charge is 0.493 e. The number of thioether (sulfide) groups is 1. The second kappa shape index (κ2) is 7.59. The third-order valence-corrected chi connectivity index (χ3v) is 6.81. The minimum absolute atomic E-state index is 0.0800. The molecule has 7 nitrogen and oxygen atoms in total. The molecule has 2 saturated heterocycles. The number of nitrogens with one attached hydrogen (secondary N) is 1. The molecular formula is C19H24N2O5S. The lowest BCUT2D eigenvalue weighted by molar-refractivity contribution is -0.125. The third-order valence-electron chi connectivity index (χ3n) is 5.50. The van der Waals surface area contributed by atoms with Crippen molar-refractivity contribution >= 4 is 23.6 Å². The lowest BCUT2D eigenvalue weighted by Gasteiger charge is -2.25. The van der Waals surface area contributed by atoms with Crippen molar-refractivity contribution in [1.29, 1.82) is 0 Å². The Morgan fingerprint density at radius 3 is 2.78 bits per heavy atom. The zero-order valence-electron chi connectivity index (χ0n) is 15.5. The Morgan fingerprint density at radius 2 is 2.07 bits per heavy atom. The van der Waals surface area contributed by atoms with Gasteiger partial charge in [-0.15, -0.1) is 11.8 Å². The first kappa shape index (κ1) is 18.4. The Balaban J connectivity index is 1.51. The van der Waals surface area contributed by atoms with Gasteiger partial charge in [0.2, 0.25) is 5.91 Å². The smallest absolute Gasteiger partial charge is 0.260 e. The summed E-state index contributed by atoms with van der Waals surface area (Å²) >= 11 is 1.62. The number of rotatable bonds is 5. The Labute approximate surface area is 162 Å². The Bertz CT molecular complexity index is 750. The second-order valence-corrected chi connectivity index (χ2v) is 8.09. The van der Waals surface area contributed by atoms with Gasteiger partial charge in [0, 0.05) is 31.1 Å². The maximum atomic E-state index is 13.1. The summed E-state index contributed by atoms with van der Waals surface area (Å²) in [6.07, 6.45) is 1.93. The molecule has 27 heavy (non-hydrogen) atoms. The molecule has 0 aliphatic carbocycles. The maximum absolute atomic E-state index is 13.1. The summed E-state index contributed by atoms with van der Waals surface area (Å²) in [6.45, 7) is 2.15. The molecule has 0 aromatic heterocycles. The highest BCUT2D eigenvalue weighted by Gasteiger charge is 2.50. The third kappa shape index (κ3) is 3.14. The topological polar surface area (TPSA) is 77.1 Å². The van der Waals surface area contributed by atoms with E-state index in [1.165, 1.54) is 7.11 Å². The fourth-order valence-corrected chi connectivity index (χ4v) is 5.46. The van der Waals surface area contributed by atoms with Crippen molar-refractivity contribution in [2.75, 3.05) is 39.7 Å². The van der Waals surface area contributed by atoms with Crippen LogP contribution in [0.2, 0.25) is 0 Å². The van der Waals surface area contributed by atoms with E-state index in [1.54, 1.807) is 23.8 Å². The van der Waals surface area contributed by atoms with Crippen molar-refractivity contribution in [3.63, 3.8) is 0 Å². The van der Waals surface area contributed by atoms with Crippen molar-refractivity contribution < 1.29 is 23.8 Å². The van der Waals surface area contributed by atoms with E-state index in [-0.39, 0.29) is 17.2 Å². The summed E-state index contributed by atoms with van der Waals surface area (Å²) in [6, 6.07) is 3.25. The average molecular weight is 392 g/mol. The molecule has 2 amide bonds. The van der Waals surface area contributed by atoms with Gasteiger partial charge in [-0.3, -0.25) is 9.59 Å². The molecule has 0 spiro atoms. The molecule has 1 aromatic rings. The summed E-state index contributed by atoms with van der Waals surface area (Å²) in [4.78, 5) is 27.6. The van der Waals surface area contributed by atoms with E-state index < -0.39 is 6.04 Å². The highest BCUT2D eigenvalue weighted by atomic mass is 32.2. The number of nitrogens with zero attached hydrogens (tertiary/aromatic N) is 1. The Morgan fingerprint density at radius 1 is 1.30 bits per heavy atom. The lowest BCUT2D eigenvalue weighted by Crippen LogP contribution is -2.47. The van der Waals surface area contributed by atoms with Gasteiger partial charge in [0.1, 0.15) is 11.4 Å². The lowest BCUT2D eigenvalue weighted by atomic mass is 10.0. The number of benzene rings is 1. The van der Waals surface area contributed by atoms with Gasteiger partial charge in [-0.05, 0) is 24.8 Å². The molecule has 146 valence electrons. The van der Waals surface area contributed by atoms with Gasteiger partial charge in [-0.2, -0.15) is 0 Å². The Kier molecular flexibility index (Phi) is 5.19. The van der Waals surface area contributed by atoms with Crippen LogP contribution in [0.15, 0.2) is 12.1 Å². The molecule has 8 heteroatoms. The van der Waals surface area contributed by atoms with Crippen molar-refractivity contribution in [3.05, 3.63) is 23.3 Å². The number of fused-ring (bicyclic) bond motifs is 3. The maximum Gasteiger partial charge on any atom is 0.260 e. The van der Waals surface area contributed by atoms with Gasteiger partial charge in [-0.1, -0.05) is 6.07 Å². The van der Waals surface area contributed by atoms with E-state index in [9.17, 15) is 9.59 Å². The van der Waals surface area contributed by atoms with Gasteiger partial charge in [0.15, 0.2) is 11.5 Å². The van der Waals surface area contributed by atoms with Gasteiger partial charge >= 0.3 is 0 Å². The van der Waals surface area contributed by atoms with Crippen molar-refractivity contribution in [3.8, 4) is 11.5 Å². The van der Waals surface area contributed by atoms with Crippen LogP contribution in [0.4, 0.5) is 0 Å². The van der Waals surface area contributed by atoms with E-state index in [0.717, 1.165) is 31.6 Å². The first-order valence-electron chi connectivity index (χ1n) is 9.20. The normalized spacial score (nSPS) is 24.5. The molecule has 1 N–H and O–H groups in total. The molecule has 0 radical (unpaired) electrons. The number of carbonyl (C=O) groups is 2. The standard InChI is InChI=1S/C19H24N2O5S/c1-24-14-4-3-12-15(16(14)25-2)18(23)21-13(10-27-19(12)21)17(22)20-9-11-5-7-26-8-6-11/h3-4,11,13,19H,5-10H2,1-2H3,(H,20,22)/t13-,19-/m0/s1. The number of hydrogen-bond donors (Lipinski definition) is 1. The van der Waals surface area contributed by atoms with Crippen LogP contribution < -0.4 is 14.8 Å². The van der Waals surface area contributed by atoms with Crippen LogP contribution in [0, 0.1) is 5.92 Å². The van der Waals surface area contributed by atoms with E-state index in [1.807, 2.05) is 12.1 Å². The van der Waals surface area contributed by atoms with E-state index in [0.29, 0.717) is 35.3 Å². The van der Waals surface area contributed by atoms with Crippen LogP contribution in [-0.4, -0.2) is 62.5 Å². The van der Waals surface area contributed by atoms with E-state index in [4.69, 9.17) is 14.2 Å². The minimum atomic E-state index is -0.463. The minimum Gasteiger partial charge on any atom is -0.493 e. The van der Waals surface area contributed by atoms with Crippen molar-refractivity contribution in [1.82, 2.24) is 10.2 Å². The van der Waals surface area contributed by atoms with Crippen LogP contribution in [-0.2, 0) is 9.53 Å². The molecular weight excluding hydrogens is 368 g/mol. The SMILES string of the molecule is COc1ccc2c(c1OC)C(=O)N1[C@H](C(=O)NCC3CCOCC3)CS[C@@H]21. The van der Waals surface area contributed by atoms with Crippen LogP contribution in [0.5, 0.6) is 11.5 Å². The molecule has 3 aliphatic rings. The molecule has 1 aromatic carbocycles. The van der Waals surface area contributed by atoms with Crippen LogP contribution in [0.1, 0.15) is 34.1 Å². The fraction of sp³-hybridized carbons (Fsp3) is 0.579. The van der Waals surface area contributed by atoms with Gasteiger partial charge in [0.05, 0.1) is 19.8 Å². The van der Waals surface area contributed by atoms with Gasteiger partial charge < -0.3 is 24.4 Å². The molecule has 3 heterocycles. The monoisotopic (exact) mass is 392 g/mol. The molecule has 2 fully saturated rings. The first-order valence-corrected chi connectivity index (χ1v) is 10.2. The molecule has 0 unspecified atom stereocenters. The number of ether oxygens (including phenoxy) is 3. The number of carbonyl (C=O) groups excluding carboxylic acids is 2. The molecule has 0 saturated carbocycles. The first-order chi connectivity index (χ1) is 13.2. The summed E-state index contributed by atoms with van der Waals surface area (Å²) < 4.78 is 16.1. The summed E-state index contributed by atoms with van der Waals surface area (Å²) in [5.41, 5.74) is 1.40. The van der Waals surface area contributed by atoms with Crippen LogP contribution in [0.25, 0.3) is 0 Å². The molecule has 3 aliphatic heterocycles. The zero-order chi connectivity index (χ0) is 19.0. The fourth-order valence-electron chi connectivity index (χ4n) is 4.01. The van der Waals surface area contributed by atoms with Crippen LogP contribution >= 0.6 is 11.8 Å². The van der Waals surface area contributed by atoms with Crippen LogP contribution in [0.3, 0.4) is 0 Å². The quantitative estimate of drug-likeness (QED) is 0.824. The summed E-state index contributed by atoms with van der Waals surface area (Å²) in [5.74, 6) is 1.77. The average Bonchev–Trinajstić information content (AvgIpc) is 3.26. The molecule has 4 rings (SSSR count). The predicted octanol–water partition coefficient (Wildman–Crippen LogP) is 1.82. The number of methoxy groups -OCH3 is 2. The van der Waals surface area contributed by atoms with Crippen molar-refractivity contribution in [2.24, 2.45) is 5.92 Å². The summed E-state index contributed by atoms with van der Waals surface area (Å²) in [7, 11) is 3.08.